The van der Waals surface area contributed by atoms with E-state index in [9.17, 15) is 13.2 Å². The third-order valence-corrected chi connectivity index (χ3v) is 5.37. The number of hydrogen-bond acceptors (Lipinski definition) is 3. The van der Waals surface area contributed by atoms with Gasteiger partial charge in [-0.3, -0.25) is 4.79 Å². The summed E-state index contributed by atoms with van der Waals surface area (Å²) in [5.74, 6) is 0.257. The summed E-state index contributed by atoms with van der Waals surface area (Å²) in [7, 11) is -2.92. The van der Waals surface area contributed by atoms with Gasteiger partial charge < -0.3 is 4.90 Å². The zero-order valence-corrected chi connectivity index (χ0v) is 12.7. The molecular weight excluding hydrogens is 274 g/mol. The van der Waals surface area contributed by atoms with Crippen LogP contribution in [0.1, 0.15) is 24.5 Å². The molecule has 0 spiro atoms. The molecule has 0 atom stereocenters. The summed E-state index contributed by atoms with van der Waals surface area (Å²) in [5, 5.41) is 0. The minimum absolute atomic E-state index is 0.0551. The molecular formula is C15H21NO3S. The highest BCUT2D eigenvalue weighted by Gasteiger charge is 2.24. The van der Waals surface area contributed by atoms with E-state index in [4.69, 9.17) is 0 Å². The molecule has 0 radical (unpaired) electrons. The largest absolute Gasteiger partial charge is 0.341 e. The number of hydrogen-bond donors (Lipinski definition) is 0. The van der Waals surface area contributed by atoms with Crippen molar-refractivity contribution in [2.24, 2.45) is 0 Å². The fourth-order valence-electron chi connectivity index (χ4n) is 2.31. The quantitative estimate of drug-likeness (QED) is 0.844. The molecule has 1 aromatic rings. The van der Waals surface area contributed by atoms with Crippen molar-refractivity contribution >= 4 is 15.7 Å². The molecule has 1 amide bonds. The molecule has 1 saturated heterocycles. The number of amides is 1. The molecule has 1 fully saturated rings. The molecule has 1 aliphatic heterocycles. The van der Waals surface area contributed by atoms with Gasteiger partial charge in [-0.25, -0.2) is 8.42 Å². The van der Waals surface area contributed by atoms with E-state index in [0.29, 0.717) is 25.9 Å². The Labute approximate surface area is 120 Å². The minimum atomic E-state index is -2.92. The Balaban J connectivity index is 1.83. The summed E-state index contributed by atoms with van der Waals surface area (Å²) in [6, 6.07) is 8.31. The van der Waals surface area contributed by atoms with E-state index in [1.54, 1.807) is 4.90 Å². The molecule has 0 saturated carbocycles. The van der Waals surface area contributed by atoms with Crippen LogP contribution in [0.4, 0.5) is 0 Å². The van der Waals surface area contributed by atoms with Crippen LogP contribution in [0, 0.1) is 0 Å². The van der Waals surface area contributed by atoms with Crippen LogP contribution in [0.2, 0.25) is 0 Å². The second-order valence-electron chi connectivity index (χ2n) is 5.20. The van der Waals surface area contributed by atoms with Crippen LogP contribution in [-0.4, -0.2) is 43.8 Å². The first-order valence-corrected chi connectivity index (χ1v) is 8.88. The third kappa shape index (κ3) is 4.07. The van der Waals surface area contributed by atoms with E-state index in [1.165, 1.54) is 5.56 Å². The van der Waals surface area contributed by atoms with Gasteiger partial charge in [0.2, 0.25) is 5.91 Å². The Bertz CT molecular complexity index is 549. The van der Waals surface area contributed by atoms with Crippen LogP contribution in [0.3, 0.4) is 0 Å². The lowest BCUT2D eigenvalue weighted by Crippen LogP contribution is -2.43. The first-order valence-electron chi connectivity index (χ1n) is 7.06. The molecule has 0 aliphatic carbocycles. The van der Waals surface area contributed by atoms with Gasteiger partial charge in [0.15, 0.2) is 9.84 Å². The van der Waals surface area contributed by atoms with Gasteiger partial charge in [-0.2, -0.15) is 0 Å². The van der Waals surface area contributed by atoms with Crippen LogP contribution >= 0.6 is 0 Å². The predicted octanol–water partition coefficient (Wildman–Crippen LogP) is 1.44. The van der Waals surface area contributed by atoms with Gasteiger partial charge in [0.05, 0.1) is 11.5 Å². The van der Waals surface area contributed by atoms with Crippen molar-refractivity contribution in [3.05, 3.63) is 35.4 Å². The minimum Gasteiger partial charge on any atom is -0.341 e. The highest BCUT2D eigenvalue weighted by molar-refractivity contribution is 7.91. The standard InChI is InChI=1S/C15H21NO3S/c1-2-13-3-5-14(6-4-13)7-8-15(17)16-9-11-20(18,19)12-10-16/h3-6H,2,7-12H2,1H3. The van der Waals surface area contributed by atoms with Crippen LogP contribution in [-0.2, 0) is 27.5 Å². The van der Waals surface area contributed by atoms with Gasteiger partial charge in [-0.1, -0.05) is 31.2 Å². The Hall–Kier alpha value is -1.36. The maximum Gasteiger partial charge on any atom is 0.222 e. The number of nitrogens with zero attached hydrogens (tertiary/aromatic N) is 1. The normalized spacial score (nSPS) is 17.9. The van der Waals surface area contributed by atoms with Gasteiger partial charge in [0.25, 0.3) is 0 Å². The van der Waals surface area contributed by atoms with Gasteiger partial charge in [0, 0.05) is 19.5 Å². The van der Waals surface area contributed by atoms with Gasteiger partial charge in [-0.05, 0) is 24.0 Å². The Kier molecular flexibility index (Phi) is 4.81. The summed E-state index contributed by atoms with van der Waals surface area (Å²) in [5.41, 5.74) is 2.45. The Morgan fingerprint density at radius 1 is 1.10 bits per heavy atom. The summed E-state index contributed by atoms with van der Waals surface area (Å²) in [6.45, 7) is 2.80. The fraction of sp³-hybridized carbons (Fsp3) is 0.533. The summed E-state index contributed by atoms with van der Waals surface area (Å²) in [6.07, 6.45) is 2.18. The zero-order valence-electron chi connectivity index (χ0n) is 11.8. The summed E-state index contributed by atoms with van der Waals surface area (Å²) >= 11 is 0. The summed E-state index contributed by atoms with van der Waals surface area (Å²) < 4.78 is 22.6. The lowest BCUT2D eigenvalue weighted by atomic mass is 10.1. The second kappa shape index (κ2) is 6.39. The molecule has 0 unspecified atom stereocenters. The molecule has 2 rings (SSSR count). The highest BCUT2D eigenvalue weighted by Crippen LogP contribution is 2.10. The number of benzene rings is 1. The fourth-order valence-corrected chi connectivity index (χ4v) is 3.51. The maximum atomic E-state index is 12.0. The van der Waals surface area contributed by atoms with Crippen molar-refractivity contribution in [2.75, 3.05) is 24.6 Å². The van der Waals surface area contributed by atoms with Crippen LogP contribution < -0.4 is 0 Å². The van der Waals surface area contributed by atoms with Gasteiger partial charge in [-0.15, -0.1) is 0 Å². The molecule has 20 heavy (non-hydrogen) atoms. The predicted molar refractivity (Wildman–Crippen MR) is 79.4 cm³/mol. The maximum absolute atomic E-state index is 12.0. The number of carbonyl (C=O) groups excluding carboxylic acids is 1. The van der Waals surface area contributed by atoms with E-state index >= 15 is 0 Å². The van der Waals surface area contributed by atoms with Crippen LogP contribution in [0.5, 0.6) is 0 Å². The highest BCUT2D eigenvalue weighted by atomic mass is 32.2. The third-order valence-electron chi connectivity index (χ3n) is 3.76. The van der Waals surface area contributed by atoms with Gasteiger partial charge in [0.1, 0.15) is 0 Å². The lowest BCUT2D eigenvalue weighted by molar-refractivity contribution is -0.130. The zero-order chi connectivity index (χ0) is 14.6. The van der Waals surface area contributed by atoms with Crippen molar-refractivity contribution in [3.8, 4) is 0 Å². The molecule has 5 heteroatoms. The summed E-state index contributed by atoms with van der Waals surface area (Å²) in [4.78, 5) is 13.7. The number of aryl methyl sites for hydroxylation is 2. The van der Waals surface area contributed by atoms with Crippen molar-refractivity contribution < 1.29 is 13.2 Å². The van der Waals surface area contributed by atoms with E-state index in [0.717, 1.165) is 12.0 Å². The average molecular weight is 295 g/mol. The number of rotatable bonds is 4. The topological polar surface area (TPSA) is 54.5 Å². The second-order valence-corrected chi connectivity index (χ2v) is 7.51. The first kappa shape index (κ1) is 15.0. The van der Waals surface area contributed by atoms with Crippen LogP contribution in [0.15, 0.2) is 24.3 Å². The van der Waals surface area contributed by atoms with E-state index in [2.05, 4.69) is 31.2 Å². The van der Waals surface area contributed by atoms with E-state index in [-0.39, 0.29) is 17.4 Å². The Morgan fingerprint density at radius 3 is 2.20 bits per heavy atom. The van der Waals surface area contributed by atoms with E-state index in [1.807, 2.05) is 0 Å². The Morgan fingerprint density at radius 2 is 1.65 bits per heavy atom. The molecule has 110 valence electrons. The van der Waals surface area contributed by atoms with Crippen LogP contribution in [0.25, 0.3) is 0 Å². The number of sulfone groups is 1. The molecule has 1 aliphatic rings. The van der Waals surface area contributed by atoms with Gasteiger partial charge >= 0.3 is 0 Å². The first-order chi connectivity index (χ1) is 9.50. The SMILES string of the molecule is CCc1ccc(CCC(=O)N2CCS(=O)(=O)CC2)cc1. The molecule has 0 aromatic heterocycles. The number of carbonyl (C=O) groups is 1. The van der Waals surface area contributed by atoms with Crippen molar-refractivity contribution in [1.82, 2.24) is 4.90 Å². The molecule has 0 bridgehead atoms. The van der Waals surface area contributed by atoms with Crippen molar-refractivity contribution in [1.29, 1.82) is 0 Å². The average Bonchev–Trinajstić information content (AvgIpc) is 2.45. The molecule has 1 aromatic carbocycles. The monoisotopic (exact) mass is 295 g/mol. The van der Waals surface area contributed by atoms with Crippen molar-refractivity contribution in [2.45, 2.75) is 26.2 Å². The smallest absolute Gasteiger partial charge is 0.222 e. The molecule has 1 heterocycles. The molecule has 4 nitrogen and oxygen atoms in total. The van der Waals surface area contributed by atoms with E-state index < -0.39 is 9.84 Å². The van der Waals surface area contributed by atoms with Crippen molar-refractivity contribution in [3.63, 3.8) is 0 Å². The molecule has 0 N–H and O–H groups in total. The lowest BCUT2D eigenvalue weighted by Gasteiger charge is -2.26.